The summed E-state index contributed by atoms with van der Waals surface area (Å²) in [7, 11) is -3.73. The van der Waals surface area contributed by atoms with Crippen LogP contribution in [0.5, 0.6) is 0 Å². The number of likely N-dealkylation sites (tertiary alicyclic amines) is 1. The molecule has 2 aromatic carbocycles. The molecule has 1 atom stereocenters. The van der Waals surface area contributed by atoms with Crippen LogP contribution in [0.25, 0.3) is 0 Å². The Morgan fingerprint density at radius 1 is 1.10 bits per heavy atom. The molecule has 156 valence electrons. The first-order valence-corrected chi connectivity index (χ1v) is 11.6. The molecule has 0 saturated carbocycles. The maximum Gasteiger partial charge on any atom is 0.241 e. The van der Waals surface area contributed by atoms with E-state index in [1.54, 1.807) is 12.1 Å². The number of anilines is 1. The van der Waals surface area contributed by atoms with Crippen LogP contribution in [0, 0.1) is 5.92 Å². The molecule has 3 rings (SSSR count). The lowest BCUT2D eigenvalue weighted by Gasteiger charge is -2.35. The van der Waals surface area contributed by atoms with Crippen LogP contribution in [0.4, 0.5) is 5.69 Å². The van der Waals surface area contributed by atoms with Gasteiger partial charge in [-0.1, -0.05) is 30.3 Å². The molecule has 6 nitrogen and oxygen atoms in total. The van der Waals surface area contributed by atoms with Crippen LogP contribution in [0.2, 0.25) is 0 Å². The number of piperidine rings is 1. The molecule has 0 unspecified atom stereocenters. The summed E-state index contributed by atoms with van der Waals surface area (Å²) in [6, 6.07) is 16.2. The number of sulfonamides is 1. The molecule has 0 bridgehead atoms. The molecule has 0 aromatic heterocycles. The summed E-state index contributed by atoms with van der Waals surface area (Å²) in [5.74, 6) is 0.614. The van der Waals surface area contributed by atoms with E-state index in [0.717, 1.165) is 32.4 Å². The van der Waals surface area contributed by atoms with E-state index in [9.17, 15) is 13.2 Å². The number of amides is 1. The molecule has 0 spiro atoms. The Labute approximate surface area is 173 Å². The second kappa shape index (κ2) is 9.52. The molecular formula is C22H29N3O3S. The summed E-state index contributed by atoms with van der Waals surface area (Å²) in [5.41, 5.74) is 1.95. The molecule has 1 heterocycles. The van der Waals surface area contributed by atoms with Crippen molar-refractivity contribution in [1.82, 2.24) is 4.90 Å². The highest BCUT2D eigenvalue weighted by atomic mass is 32.2. The predicted molar refractivity (Wildman–Crippen MR) is 115 cm³/mol. The van der Waals surface area contributed by atoms with E-state index in [4.69, 9.17) is 5.14 Å². The van der Waals surface area contributed by atoms with Crippen molar-refractivity contribution in [3.8, 4) is 0 Å². The van der Waals surface area contributed by atoms with Crippen molar-refractivity contribution in [2.75, 3.05) is 18.4 Å². The van der Waals surface area contributed by atoms with Gasteiger partial charge in [0.05, 0.1) is 10.9 Å². The molecule has 1 saturated heterocycles. The lowest BCUT2D eigenvalue weighted by atomic mass is 9.90. The lowest BCUT2D eigenvalue weighted by Crippen LogP contribution is -2.46. The standard InChI is InChI=1S/C22H29N3O3S/c1-17(22(26)24-20-9-11-21(12-10-20)29(23,27)28)25-15-13-19(14-16-25)8-7-18-5-3-2-4-6-18/h2-6,9-12,17,19H,7-8,13-16H2,1H3,(H,24,26)(H2,23,27,28)/t17-/m1/s1. The minimum Gasteiger partial charge on any atom is -0.325 e. The zero-order valence-corrected chi connectivity index (χ0v) is 17.6. The molecule has 1 aliphatic heterocycles. The third-order valence-electron chi connectivity index (χ3n) is 5.71. The molecule has 1 fully saturated rings. The molecular weight excluding hydrogens is 386 g/mol. The van der Waals surface area contributed by atoms with Gasteiger partial charge in [-0.05, 0) is 81.4 Å². The van der Waals surface area contributed by atoms with Gasteiger partial charge in [-0.25, -0.2) is 13.6 Å². The summed E-state index contributed by atoms with van der Waals surface area (Å²) < 4.78 is 22.6. The zero-order chi connectivity index (χ0) is 20.9. The number of nitrogens with two attached hydrogens (primary N) is 1. The minimum absolute atomic E-state index is 0.0288. The Kier molecular flexibility index (Phi) is 7.05. The zero-order valence-electron chi connectivity index (χ0n) is 16.8. The Morgan fingerprint density at radius 2 is 1.72 bits per heavy atom. The number of carbonyl (C=O) groups excluding carboxylic acids is 1. The molecule has 0 radical (unpaired) electrons. The molecule has 0 aliphatic carbocycles. The highest BCUT2D eigenvalue weighted by Gasteiger charge is 2.26. The van der Waals surface area contributed by atoms with Gasteiger partial charge in [-0.3, -0.25) is 9.69 Å². The van der Waals surface area contributed by atoms with Gasteiger partial charge in [-0.2, -0.15) is 0 Å². The first-order chi connectivity index (χ1) is 13.8. The molecule has 7 heteroatoms. The number of benzene rings is 2. The smallest absolute Gasteiger partial charge is 0.241 e. The van der Waals surface area contributed by atoms with Crippen molar-refractivity contribution in [2.24, 2.45) is 11.1 Å². The fourth-order valence-corrected chi connectivity index (χ4v) is 4.30. The fourth-order valence-electron chi connectivity index (χ4n) is 3.78. The van der Waals surface area contributed by atoms with Crippen molar-refractivity contribution in [3.63, 3.8) is 0 Å². The van der Waals surface area contributed by atoms with Gasteiger partial charge in [0.2, 0.25) is 15.9 Å². The number of nitrogens with one attached hydrogen (secondary N) is 1. The third kappa shape index (κ3) is 6.13. The van der Waals surface area contributed by atoms with Crippen LogP contribution >= 0.6 is 0 Å². The van der Waals surface area contributed by atoms with Crippen molar-refractivity contribution in [2.45, 2.75) is 43.5 Å². The average Bonchev–Trinajstić information content (AvgIpc) is 2.72. The van der Waals surface area contributed by atoms with Gasteiger partial charge < -0.3 is 5.32 Å². The third-order valence-corrected chi connectivity index (χ3v) is 6.64. The molecule has 3 N–H and O–H groups in total. The summed E-state index contributed by atoms with van der Waals surface area (Å²) in [5, 5.41) is 7.96. The van der Waals surface area contributed by atoms with E-state index in [1.807, 2.05) is 13.0 Å². The van der Waals surface area contributed by atoms with Gasteiger partial charge >= 0.3 is 0 Å². The quantitative estimate of drug-likeness (QED) is 0.727. The molecule has 1 aliphatic rings. The van der Waals surface area contributed by atoms with Gasteiger partial charge in [0.25, 0.3) is 0 Å². The Morgan fingerprint density at radius 3 is 2.31 bits per heavy atom. The first kappa shape index (κ1) is 21.5. The maximum absolute atomic E-state index is 12.6. The SMILES string of the molecule is C[C@H](C(=O)Nc1ccc(S(N)(=O)=O)cc1)N1CCC(CCc2ccccc2)CC1. The van der Waals surface area contributed by atoms with E-state index < -0.39 is 10.0 Å². The van der Waals surface area contributed by atoms with E-state index in [0.29, 0.717) is 11.6 Å². The number of primary sulfonamides is 1. The normalized spacial score (nSPS) is 17.0. The van der Waals surface area contributed by atoms with Crippen molar-refractivity contribution in [3.05, 3.63) is 60.2 Å². The summed E-state index contributed by atoms with van der Waals surface area (Å²) in [6.07, 6.45) is 4.51. The second-order valence-corrected chi connectivity index (χ2v) is 9.30. The lowest BCUT2D eigenvalue weighted by molar-refractivity contribution is -0.121. The minimum atomic E-state index is -3.73. The summed E-state index contributed by atoms with van der Waals surface area (Å²) in [6.45, 7) is 3.75. The Bertz CT molecular complexity index is 906. The molecule has 2 aromatic rings. The van der Waals surface area contributed by atoms with E-state index in [1.165, 1.54) is 24.1 Å². The van der Waals surface area contributed by atoms with Crippen molar-refractivity contribution < 1.29 is 13.2 Å². The van der Waals surface area contributed by atoms with Crippen LogP contribution in [-0.2, 0) is 21.2 Å². The Hall–Kier alpha value is -2.22. The maximum atomic E-state index is 12.6. The molecule has 1 amide bonds. The molecule has 29 heavy (non-hydrogen) atoms. The number of hydrogen-bond acceptors (Lipinski definition) is 4. The van der Waals surface area contributed by atoms with Crippen LogP contribution in [0.1, 0.15) is 31.7 Å². The van der Waals surface area contributed by atoms with Crippen molar-refractivity contribution >= 4 is 21.6 Å². The Balaban J connectivity index is 1.46. The number of aryl methyl sites for hydroxylation is 1. The van der Waals surface area contributed by atoms with Crippen molar-refractivity contribution in [1.29, 1.82) is 0 Å². The topological polar surface area (TPSA) is 92.5 Å². The van der Waals surface area contributed by atoms with Crippen LogP contribution in [0.3, 0.4) is 0 Å². The highest BCUT2D eigenvalue weighted by Crippen LogP contribution is 2.24. The van der Waals surface area contributed by atoms with E-state index in [-0.39, 0.29) is 16.8 Å². The fraction of sp³-hybridized carbons (Fsp3) is 0.409. The average molecular weight is 416 g/mol. The number of carbonyl (C=O) groups is 1. The highest BCUT2D eigenvalue weighted by molar-refractivity contribution is 7.89. The van der Waals surface area contributed by atoms with Gasteiger partial charge in [0, 0.05) is 5.69 Å². The number of hydrogen-bond donors (Lipinski definition) is 2. The van der Waals surface area contributed by atoms with Crippen LogP contribution in [-0.4, -0.2) is 38.4 Å². The number of rotatable bonds is 7. The summed E-state index contributed by atoms with van der Waals surface area (Å²) in [4.78, 5) is 14.8. The monoisotopic (exact) mass is 415 g/mol. The van der Waals surface area contributed by atoms with E-state index >= 15 is 0 Å². The predicted octanol–water partition coefficient (Wildman–Crippen LogP) is 3.01. The summed E-state index contributed by atoms with van der Waals surface area (Å²) >= 11 is 0. The van der Waals surface area contributed by atoms with E-state index in [2.05, 4.69) is 34.5 Å². The van der Waals surface area contributed by atoms with Crippen LogP contribution < -0.4 is 10.5 Å². The van der Waals surface area contributed by atoms with Gasteiger partial charge in [0.1, 0.15) is 0 Å². The first-order valence-electron chi connectivity index (χ1n) is 10.0. The van der Waals surface area contributed by atoms with Gasteiger partial charge in [0.15, 0.2) is 0 Å². The van der Waals surface area contributed by atoms with Gasteiger partial charge in [-0.15, -0.1) is 0 Å². The van der Waals surface area contributed by atoms with Crippen LogP contribution in [0.15, 0.2) is 59.5 Å². The number of nitrogens with zero attached hydrogens (tertiary/aromatic N) is 1. The second-order valence-electron chi connectivity index (χ2n) is 7.74. The largest absolute Gasteiger partial charge is 0.325 e.